The summed E-state index contributed by atoms with van der Waals surface area (Å²) in [6.07, 6.45) is 2.85. The van der Waals surface area contributed by atoms with Crippen LogP contribution in [0, 0.1) is 6.92 Å². The van der Waals surface area contributed by atoms with E-state index in [1.165, 1.54) is 33.0 Å². The molecule has 0 spiro atoms. The summed E-state index contributed by atoms with van der Waals surface area (Å²) < 4.78 is 0. The van der Waals surface area contributed by atoms with Gasteiger partial charge in [-0.05, 0) is 41.3 Å². The lowest BCUT2D eigenvalue weighted by Crippen LogP contribution is -1.94. The fourth-order valence-electron chi connectivity index (χ4n) is 3.68. The standard InChI is InChI=1S/C20H14N2/c1-12-16-11-14-5-2-3-7-15(14)18(16)19-17(22-12)9-8-13-6-4-10-21-20(13)19/h2-10H,11H2,1H3. The van der Waals surface area contributed by atoms with Crippen LogP contribution in [0.1, 0.15) is 16.8 Å². The predicted molar refractivity (Wildman–Crippen MR) is 90.0 cm³/mol. The predicted octanol–water partition coefficient (Wildman–Crippen LogP) is 4.66. The molecule has 1 aliphatic carbocycles. The first kappa shape index (κ1) is 11.9. The van der Waals surface area contributed by atoms with Crippen molar-refractivity contribution in [1.29, 1.82) is 0 Å². The van der Waals surface area contributed by atoms with Crippen LogP contribution in [0.5, 0.6) is 0 Å². The molecule has 0 atom stereocenters. The van der Waals surface area contributed by atoms with Gasteiger partial charge < -0.3 is 0 Å². The molecule has 0 unspecified atom stereocenters. The molecule has 2 aromatic carbocycles. The molecule has 0 aliphatic heterocycles. The van der Waals surface area contributed by atoms with Crippen molar-refractivity contribution < 1.29 is 0 Å². The van der Waals surface area contributed by atoms with Crippen LogP contribution < -0.4 is 0 Å². The number of nitrogens with zero attached hydrogens (tertiary/aromatic N) is 2. The Labute approximate surface area is 128 Å². The average Bonchev–Trinajstić information content (AvgIpc) is 2.95. The molecular weight excluding hydrogens is 268 g/mol. The number of aryl methyl sites for hydroxylation is 1. The topological polar surface area (TPSA) is 25.8 Å². The Morgan fingerprint density at radius 2 is 1.86 bits per heavy atom. The molecule has 1 aliphatic rings. The second-order valence-corrected chi connectivity index (χ2v) is 5.92. The Morgan fingerprint density at radius 1 is 0.955 bits per heavy atom. The zero-order chi connectivity index (χ0) is 14.7. The number of hydrogen-bond donors (Lipinski definition) is 0. The highest BCUT2D eigenvalue weighted by atomic mass is 14.7. The molecule has 2 heteroatoms. The van der Waals surface area contributed by atoms with Crippen molar-refractivity contribution in [2.24, 2.45) is 0 Å². The third kappa shape index (κ3) is 1.44. The van der Waals surface area contributed by atoms with Crippen LogP contribution in [0.2, 0.25) is 0 Å². The smallest absolute Gasteiger partial charge is 0.0802 e. The lowest BCUT2D eigenvalue weighted by atomic mass is 9.97. The van der Waals surface area contributed by atoms with Crippen molar-refractivity contribution in [3.63, 3.8) is 0 Å². The molecule has 2 nitrogen and oxygen atoms in total. The largest absolute Gasteiger partial charge is 0.256 e. The molecule has 0 fully saturated rings. The number of hydrogen-bond acceptors (Lipinski definition) is 2. The van der Waals surface area contributed by atoms with Crippen molar-refractivity contribution in [1.82, 2.24) is 9.97 Å². The van der Waals surface area contributed by atoms with Gasteiger partial charge in [0.15, 0.2) is 0 Å². The van der Waals surface area contributed by atoms with Gasteiger partial charge in [-0.3, -0.25) is 9.97 Å². The van der Waals surface area contributed by atoms with Crippen LogP contribution in [-0.2, 0) is 6.42 Å². The van der Waals surface area contributed by atoms with E-state index >= 15 is 0 Å². The van der Waals surface area contributed by atoms with Crippen LogP contribution in [0.15, 0.2) is 54.7 Å². The number of benzene rings is 2. The highest BCUT2D eigenvalue weighted by molar-refractivity contribution is 6.13. The summed E-state index contributed by atoms with van der Waals surface area (Å²) in [4.78, 5) is 9.49. The molecular formula is C20H14N2. The van der Waals surface area contributed by atoms with Gasteiger partial charge in [-0.25, -0.2) is 0 Å². The maximum absolute atomic E-state index is 4.84. The van der Waals surface area contributed by atoms with E-state index in [-0.39, 0.29) is 0 Å². The van der Waals surface area contributed by atoms with Gasteiger partial charge in [0.25, 0.3) is 0 Å². The Hall–Kier alpha value is -2.74. The molecule has 0 saturated carbocycles. The van der Waals surface area contributed by atoms with E-state index in [2.05, 4.69) is 54.4 Å². The molecule has 0 N–H and O–H groups in total. The van der Waals surface area contributed by atoms with Crippen molar-refractivity contribution in [2.75, 3.05) is 0 Å². The first-order chi connectivity index (χ1) is 10.8. The number of pyridine rings is 2. The van der Waals surface area contributed by atoms with Gasteiger partial charge in [0.2, 0.25) is 0 Å². The second-order valence-electron chi connectivity index (χ2n) is 5.92. The molecule has 2 aromatic heterocycles. The van der Waals surface area contributed by atoms with E-state index < -0.39 is 0 Å². The Balaban J connectivity index is 2.06. The Kier molecular flexibility index (Phi) is 2.23. The third-order valence-electron chi connectivity index (χ3n) is 4.68. The van der Waals surface area contributed by atoms with E-state index in [0.29, 0.717) is 0 Å². The van der Waals surface area contributed by atoms with Gasteiger partial charge in [0.05, 0.1) is 11.0 Å². The number of aromatic nitrogens is 2. The summed E-state index contributed by atoms with van der Waals surface area (Å²) in [6, 6.07) is 17.0. The van der Waals surface area contributed by atoms with Crippen molar-refractivity contribution >= 4 is 21.8 Å². The number of rotatable bonds is 0. The molecule has 0 saturated heterocycles. The van der Waals surface area contributed by atoms with Crippen LogP contribution in [0.3, 0.4) is 0 Å². The molecule has 22 heavy (non-hydrogen) atoms. The summed E-state index contributed by atoms with van der Waals surface area (Å²) >= 11 is 0. The Bertz CT molecular complexity index is 1060. The second kappa shape index (κ2) is 4.14. The molecule has 104 valence electrons. The molecule has 2 heterocycles. The minimum Gasteiger partial charge on any atom is -0.256 e. The van der Waals surface area contributed by atoms with E-state index in [1.807, 2.05) is 12.3 Å². The summed E-state index contributed by atoms with van der Waals surface area (Å²) in [5.41, 5.74) is 8.65. The lowest BCUT2D eigenvalue weighted by molar-refractivity contribution is 1.14. The van der Waals surface area contributed by atoms with Gasteiger partial charge in [-0.15, -0.1) is 0 Å². The highest BCUT2D eigenvalue weighted by Crippen LogP contribution is 2.43. The minimum absolute atomic E-state index is 0.976. The third-order valence-corrected chi connectivity index (χ3v) is 4.68. The van der Waals surface area contributed by atoms with Gasteiger partial charge >= 0.3 is 0 Å². The Morgan fingerprint density at radius 3 is 2.82 bits per heavy atom. The van der Waals surface area contributed by atoms with Crippen LogP contribution in [0.4, 0.5) is 0 Å². The van der Waals surface area contributed by atoms with E-state index in [0.717, 1.165) is 23.1 Å². The maximum Gasteiger partial charge on any atom is 0.0802 e. The van der Waals surface area contributed by atoms with Crippen LogP contribution in [-0.4, -0.2) is 9.97 Å². The highest BCUT2D eigenvalue weighted by Gasteiger charge is 2.24. The molecule has 4 aromatic rings. The zero-order valence-electron chi connectivity index (χ0n) is 12.3. The maximum atomic E-state index is 4.84. The quantitative estimate of drug-likeness (QED) is 0.386. The zero-order valence-corrected chi connectivity index (χ0v) is 12.3. The SMILES string of the molecule is Cc1nc2ccc3cccnc3c2c2c1Cc1ccccc1-2. The first-order valence-electron chi connectivity index (χ1n) is 7.58. The van der Waals surface area contributed by atoms with E-state index in [9.17, 15) is 0 Å². The summed E-state index contributed by atoms with van der Waals surface area (Å²) in [7, 11) is 0. The van der Waals surface area contributed by atoms with Gasteiger partial charge in [0.1, 0.15) is 0 Å². The minimum atomic E-state index is 0.976. The molecule has 0 radical (unpaired) electrons. The molecule has 0 amide bonds. The summed E-state index contributed by atoms with van der Waals surface area (Å²) in [5.74, 6) is 0. The van der Waals surface area contributed by atoms with Crippen molar-refractivity contribution in [3.05, 3.63) is 71.5 Å². The molecule has 0 bridgehead atoms. The van der Waals surface area contributed by atoms with Crippen molar-refractivity contribution in [2.45, 2.75) is 13.3 Å². The summed E-state index contributed by atoms with van der Waals surface area (Å²) in [5, 5.41) is 2.37. The van der Waals surface area contributed by atoms with Crippen LogP contribution in [0.25, 0.3) is 32.9 Å². The molecule has 5 rings (SSSR count). The summed E-state index contributed by atoms with van der Waals surface area (Å²) in [6.45, 7) is 2.12. The van der Waals surface area contributed by atoms with Gasteiger partial charge in [-0.2, -0.15) is 0 Å². The van der Waals surface area contributed by atoms with E-state index in [1.54, 1.807) is 0 Å². The number of fused-ring (bicyclic) bond motifs is 7. The van der Waals surface area contributed by atoms with Crippen LogP contribution >= 0.6 is 0 Å². The van der Waals surface area contributed by atoms with E-state index in [4.69, 9.17) is 4.98 Å². The van der Waals surface area contributed by atoms with Gasteiger partial charge in [-0.1, -0.05) is 36.4 Å². The fourth-order valence-corrected chi connectivity index (χ4v) is 3.68. The fraction of sp³-hybridized carbons (Fsp3) is 0.100. The monoisotopic (exact) mass is 282 g/mol. The normalized spacial score (nSPS) is 12.6. The van der Waals surface area contributed by atoms with Gasteiger partial charge in [0, 0.05) is 29.1 Å². The first-order valence-corrected chi connectivity index (χ1v) is 7.58. The average molecular weight is 282 g/mol. The van der Waals surface area contributed by atoms with Crippen molar-refractivity contribution in [3.8, 4) is 11.1 Å². The lowest BCUT2D eigenvalue weighted by Gasteiger charge is -2.11.